The van der Waals surface area contributed by atoms with E-state index in [1.54, 1.807) is 12.1 Å². The second-order valence-electron chi connectivity index (χ2n) is 4.88. The van der Waals surface area contributed by atoms with Crippen molar-refractivity contribution in [1.82, 2.24) is 0 Å². The Balaban J connectivity index is 2.20. The number of carbonyl (C=O) groups excluding carboxylic acids is 2. The molecule has 0 N–H and O–H groups in total. The standard InChI is InChI=1S/C15H10ClNO4S/c1-9-2-5-11(6-3-9)22(20,21)17-13-8-10(16)4-7-12(13)14(18)15(17)19/h2-8H,1H3. The van der Waals surface area contributed by atoms with Gasteiger partial charge in [0, 0.05) is 5.02 Å². The van der Waals surface area contributed by atoms with Gasteiger partial charge in [0.2, 0.25) is 0 Å². The fourth-order valence-electron chi connectivity index (χ4n) is 2.24. The molecule has 22 heavy (non-hydrogen) atoms. The van der Waals surface area contributed by atoms with Crippen LogP contribution in [0.1, 0.15) is 15.9 Å². The highest BCUT2D eigenvalue weighted by Crippen LogP contribution is 2.35. The highest BCUT2D eigenvalue weighted by molar-refractivity contribution is 7.93. The zero-order valence-electron chi connectivity index (χ0n) is 11.4. The molecule has 1 amide bonds. The van der Waals surface area contributed by atoms with Gasteiger partial charge in [0.25, 0.3) is 15.8 Å². The summed E-state index contributed by atoms with van der Waals surface area (Å²) in [6.45, 7) is 1.82. The van der Waals surface area contributed by atoms with E-state index in [1.165, 1.54) is 30.3 Å². The molecule has 1 aliphatic rings. The molecule has 0 unspecified atom stereocenters. The van der Waals surface area contributed by atoms with Gasteiger partial charge in [-0.3, -0.25) is 9.59 Å². The molecule has 0 fully saturated rings. The number of aryl methyl sites for hydroxylation is 1. The summed E-state index contributed by atoms with van der Waals surface area (Å²) in [6.07, 6.45) is 0. The van der Waals surface area contributed by atoms with Crippen molar-refractivity contribution >= 4 is 39.0 Å². The van der Waals surface area contributed by atoms with Crippen LogP contribution in [0.4, 0.5) is 5.69 Å². The van der Waals surface area contributed by atoms with Crippen LogP contribution in [0.15, 0.2) is 47.4 Å². The lowest BCUT2D eigenvalue weighted by Crippen LogP contribution is -2.35. The maximum absolute atomic E-state index is 12.7. The van der Waals surface area contributed by atoms with Gasteiger partial charge in [0.05, 0.1) is 16.1 Å². The van der Waals surface area contributed by atoms with E-state index in [1.807, 2.05) is 6.92 Å². The van der Waals surface area contributed by atoms with Crippen LogP contribution in [0.5, 0.6) is 0 Å². The van der Waals surface area contributed by atoms with E-state index in [0.29, 0.717) is 4.31 Å². The van der Waals surface area contributed by atoms with E-state index in [0.717, 1.165) is 5.56 Å². The van der Waals surface area contributed by atoms with Gasteiger partial charge in [0.1, 0.15) is 0 Å². The summed E-state index contributed by atoms with van der Waals surface area (Å²) in [7, 11) is -4.16. The van der Waals surface area contributed by atoms with Crippen molar-refractivity contribution < 1.29 is 18.0 Å². The van der Waals surface area contributed by atoms with Gasteiger partial charge in [-0.25, -0.2) is 8.42 Å². The summed E-state index contributed by atoms with van der Waals surface area (Å²) in [4.78, 5) is 24.0. The zero-order chi connectivity index (χ0) is 16.1. The van der Waals surface area contributed by atoms with E-state index >= 15 is 0 Å². The van der Waals surface area contributed by atoms with Gasteiger partial charge < -0.3 is 0 Å². The third-order valence-electron chi connectivity index (χ3n) is 3.36. The van der Waals surface area contributed by atoms with Gasteiger partial charge in [-0.1, -0.05) is 29.3 Å². The minimum atomic E-state index is -4.16. The Kier molecular flexibility index (Phi) is 3.30. The number of rotatable bonds is 2. The van der Waals surface area contributed by atoms with Gasteiger partial charge >= 0.3 is 5.91 Å². The molecule has 0 bridgehead atoms. The van der Waals surface area contributed by atoms with Crippen LogP contribution in [0.2, 0.25) is 5.02 Å². The quantitative estimate of drug-likeness (QED) is 0.791. The molecule has 0 aromatic heterocycles. The number of amides is 1. The molecule has 1 heterocycles. The molecular weight excluding hydrogens is 326 g/mol. The number of benzene rings is 2. The van der Waals surface area contributed by atoms with E-state index in [2.05, 4.69) is 0 Å². The Labute approximate surface area is 132 Å². The number of hydrogen-bond acceptors (Lipinski definition) is 4. The van der Waals surface area contributed by atoms with Crippen LogP contribution in [-0.4, -0.2) is 20.1 Å². The monoisotopic (exact) mass is 335 g/mol. The van der Waals surface area contributed by atoms with Crippen molar-refractivity contribution in [2.45, 2.75) is 11.8 Å². The average molecular weight is 336 g/mol. The number of hydrogen-bond donors (Lipinski definition) is 0. The van der Waals surface area contributed by atoms with Gasteiger partial charge in [0.15, 0.2) is 0 Å². The summed E-state index contributed by atoms with van der Waals surface area (Å²) < 4.78 is 25.9. The summed E-state index contributed by atoms with van der Waals surface area (Å²) >= 11 is 5.86. The lowest BCUT2D eigenvalue weighted by atomic mass is 10.1. The van der Waals surface area contributed by atoms with Crippen molar-refractivity contribution in [3.8, 4) is 0 Å². The molecule has 0 saturated carbocycles. The second-order valence-corrected chi connectivity index (χ2v) is 7.10. The van der Waals surface area contributed by atoms with Gasteiger partial charge in [-0.2, -0.15) is 4.31 Å². The van der Waals surface area contributed by atoms with E-state index in [9.17, 15) is 18.0 Å². The van der Waals surface area contributed by atoms with E-state index < -0.39 is 21.7 Å². The number of anilines is 1. The molecule has 7 heteroatoms. The van der Waals surface area contributed by atoms with Crippen molar-refractivity contribution in [3.63, 3.8) is 0 Å². The lowest BCUT2D eigenvalue weighted by Gasteiger charge is -2.17. The topological polar surface area (TPSA) is 71.5 Å². The van der Waals surface area contributed by atoms with Crippen molar-refractivity contribution in [1.29, 1.82) is 0 Å². The fourth-order valence-corrected chi connectivity index (χ4v) is 3.80. The Bertz CT molecular complexity index is 904. The number of nitrogens with zero attached hydrogens (tertiary/aromatic N) is 1. The first-order chi connectivity index (χ1) is 10.3. The normalized spacial score (nSPS) is 14.4. The molecule has 0 aliphatic carbocycles. The number of sulfonamides is 1. The summed E-state index contributed by atoms with van der Waals surface area (Å²) in [6, 6.07) is 10.1. The molecule has 0 radical (unpaired) electrons. The number of fused-ring (bicyclic) bond motifs is 1. The minimum Gasteiger partial charge on any atom is -0.283 e. The van der Waals surface area contributed by atoms with E-state index in [4.69, 9.17) is 11.6 Å². The Morgan fingerprint density at radius 1 is 1.00 bits per heavy atom. The first kappa shape index (κ1) is 14.7. The molecule has 0 saturated heterocycles. The second kappa shape index (κ2) is 4.93. The number of carbonyl (C=O) groups is 2. The van der Waals surface area contributed by atoms with Crippen LogP contribution in [-0.2, 0) is 14.8 Å². The van der Waals surface area contributed by atoms with Crippen LogP contribution in [0.25, 0.3) is 0 Å². The Morgan fingerprint density at radius 3 is 2.27 bits per heavy atom. The van der Waals surface area contributed by atoms with Gasteiger partial charge in [-0.15, -0.1) is 0 Å². The number of ketones is 1. The number of Topliss-reactive ketones (excluding diaryl/α,β-unsaturated/α-hetero) is 1. The molecule has 3 rings (SSSR count). The number of halogens is 1. The molecule has 1 aliphatic heterocycles. The first-order valence-corrected chi connectivity index (χ1v) is 8.14. The first-order valence-electron chi connectivity index (χ1n) is 6.32. The fraction of sp³-hybridized carbons (Fsp3) is 0.0667. The van der Waals surface area contributed by atoms with Crippen molar-refractivity contribution in [2.24, 2.45) is 0 Å². The summed E-state index contributed by atoms with van der Waals surface area (Å²) in [5, 5.41) is 0.241. The lowest BCUT2D eigenvalue weighted by molar-refractivity contribution is -0.113. The van der Waals surface area contributed by atoms with Crippen LogP contribution in [0, 0.1) is 6.92 Å². The largest absolute Gasteiger partial charge is 0.313 e. The average Bonchev–Trinajstić information content (AvgIpc) is 2.71. The molecule has 112 valence electrons. The zero-order valence-corrected chi connectivity index (χ0v) is 13.0. The van der Waals surface area contributed by atoms with Crippen LogP contribution >= 0.6 is 11.6 Å². The van der Waals surface area contributed by atoms with E-state index in [-0.39, 0.29) is 21.2 Å². The third kappa shape index (κ3) is 2.12. The van der Waals surface area contributed by atoms with Gasteiger partial charge in [-0.05, 0) is 37.3 Å². The highest BCUT2D eigenvalue weighted by Gasteiger charge is 2.43. The third-order valence-corrected chi connectivity index (χ3v) is 5.31. The van der Waals surface area contributed by atoms with Crippen LogP contribution < -0.4 is 4.31 Å². The van der Waals surface area contributed by atoms with Crippen LogP contribution in [0.3, 0.4) is 0 Å². The molecule has 2 aromatic carbocycles. The molecule has 5 nitrogen and oxygen atoms in total. The predicted octanol–water partition coefficient (Wildman–Crippen LogP) is 2.57. The molecule has 0 atom stereocenters. The predicted molar refractivity (Wildman–Crippen MR) is 81.6 cm³/mol. The molecular formula is C15H10ClNO4S. The molecule has 2 aromatic rings. The highest BCUT2D eigenvalue weighted by atomic mass is 35.5. The minimum absolute atomic E-state index is 0.0110. The Morgan fingerprint density at radius 2 is 1.64 bits per heavy atom. The van der Waals surface area contributed by atoms with Crippen molar-refractivity contribution in [2.75, 3.05) is 4.31 Å². The smallest absolute Gasteiger partial charge is 0.283 e. The maximum Gasteiger partial charge on any atom is 0.313 e. The summed E-state index contributed by atoms with van der Waals surface area (Å²) in [5.41, 5.74) is 0.902. The van der Waals surface area contributed by atoms with Crippen molar-refractivity contribution in [3.05, 3.63) is 58.6 Å². The SMILES string of the molecule is Cc1ccc(S(=O)(=O)N2C(=O)C(=O)c3ccc(Cl)cc32)cc1. The molecule has 0 spiro atoms. The maximum atomic E-state index is 12.7. The Hall–Kier alpha value is -2.18. The summed E-state index contributed by atoms with van der Waals surface area (Å²) in [5.74, 6) is -1.96.